The number of methoxy groups -OCH3 is 1. The van der Waals surface area contributed by atoms with Crippen LogP contribution >= 0.6 is 0 Å². The maximum Gasteiger partial charge on any atom is 0.220 e. The summed E-state index contributed by atoms with van der Waals surface area (Å²) in [5, 5.41) is 3.07. The lowest BCUT2D eigenvalue weighted by Gasteiger charge is -2.35. The van der Waals surface area contributed by atoms with Gasteiger partial charge in [0.05, 0.1) is 7.11 Å². The van der Waals surface area contributed by atoms with Crippen molar-refractivity contribution in [2.45, 2.75) is 64.8 Å². The molecule has 1 unspecified atom stereocenters. The van der Waals surface area contributed by atoms with Gasteiger partial charge in [0.15, 0.2) is 0 Å². The second kappa shape index (κ2) is 10.4. The van der Waals surface area contributed by atoms with E-state index in [1.165, 1.54) is 37.8 Å². The molecular formula is C21H34N2O2. The molecule has 1 amide bonds. The zero-order valence-electron chi connectivity index (χ0n) is 16.1. The van der Waals surface area contributed by atoms with E-state index in [1.807, 2.05) is 19.1 Å². The van der Waals surface area contributed by atoms with Gasteiger partial charge >= 0.3 is 0 Å². The maximum atomic E-state index is 12.0. The summed E-state index contributed by atoms with van der Waals surface area (Å²) in [4.78, 5) is 14.7. The van der Waals surface area contributed by atoms with Gasteiger partial charge in [-0.25, -0.2) is 0 Å². The van der Waals surface area contributed by atoms with Crippen molar-refractivity contribution in [3.63, 3.8) is 0 Å². The third kappa shape index (κ3) is 6.35. The SMILES string of the molecule is CCC1CCCCN1CCCNC(=O)CCc1ccc(OC)c(C)c1. The number of rotatable bonds is 9. The standard InChI is InChI=1S/C21H34N2O2/c1-4-19-8-5-6-14-23(19)15-7-13-22-21(24)12-10-18-9-11-20(25-3)17(2)16-18/h9,11,16,19H,4-8,10,12-15H2,1-3H3,(H,22,24). The van der Waals surface area contributed by atoms with Gasteiger partial charge in [-0.2, -0.15) is 0 Å². The number of amides is 1. The van der Waals surface area contributed by atoms with Crippen molar-refractivity contribution in [3.05, 3.63) is 29.3 Å². The highest BCUT2D eigenvalue weighted by atomic mass is 16.5. The van der Waals surface area contributed by atoms with E-state index in [9.17, 15) is 4.79 Å². The highest BCUT2D eigenvalue weighted by Crippen LogP contribution is 2.20. The molecule has 4 nitrogen and oxygen atoms in total. The average molecular weight is 347 g/mol. The summed E-state index contributed by atoms with van der Waals surface area (Å²) >= 11 is 0. The number of piperidine rings is 1. The molecule has 0 radical (unpaired) electrons. The molecule has 0 bridgehead atoms. The first-order chi connectivity index (χ1) is 12.1. The van der Waals surface area contributed by atoms with E-state index in [0.717, 1.165) is 43.3 Å². The Morgan fingerprint density at radius 2 is 2.20 bits per heavy atom. The number of aryl methyl sites for hydroxylation is 2. The Morgan fingerprint density at radius 3 is 2.92 bits per heavy atom. The van der Waals surface area contributed by atoms with Crippen molar-refractivity contribution >= 4 is 5.91 Å². The van der Waals surface area contributed by atoms with Gasteiger partial charge in [0.1, 0.15) is 5.75 Å². The van der Waals surface area contributed by atoms with Crippen LogP contribution in [-0.4, -0.2) is 43.6 Å². The fourth-order valence-electron chi connectivity index (χ4n) is 3.77. The van der Waals surface area contributed by atoms with E-state index in [-0.39, 0.29) is 5.91 Å². The van der Waals surface area contributed by atoms with Crippen molar-refractivity contribution in [1.82, 2.24) is 10.2 Å². The highest BCUT2D eigenvalue weighted by molar-refractivity contribution is 5.76. The van der Waals surface area contributed by atoms with Gasteiger partial charge in [-0.3, -0.25) is 4.79 Å². The quantitative estimate of drug-likeness (QED) is 0.693. The van der Waals surface area contributed by atoms with Gasteiger partial charge in [0.25, 0.3) is 0 Å². The van der Waals surface area contributed by atoms with Gasteiger partial charge in [-0.05, 0) is 62.8 Å². The number of nitrogens with zero attached hydrogens (tertiary/aromatic N) is 1. The number of ether oxygens (including phenoxy) is 1. The van der Waals surface area contributed by atoms with Crippen LogP contribution in [0.1, 0.15) is 56.6 Å². The molecule has 1 saturated heterocycles. The molecule has 1 aliphatic rings. The minimum absolute atomic E-state index is 0.152. The number of carbonyl (C=O) groups is 1. The Hall–Kier alpha value is -1.55. The topological polar surface area (TPSA) is 41.6 Å². The molecule has 4 heteroatoms. The normalized spacial score (nSPS) is 18.1. The molecule has 25 heavy (non-hydrogen) atoms. The first-order valence-electron chi connectivity index (χ1n) is 9.78. The zero-order chi connectivity index (χ0) is 18.1. The van der Waals surface area contributed by atoms with Crippen molar-refractivity contribution in [2.24, 2.45) is 0 Å². The molecule has 0 aromatic heterocycles. The number of benzene rings is 1. The van der Waals surface area contributed by atoms with Crippen LogP contribution in [-0.2, 0) is 11.2 Å². The van der Waals surface area contributed by atoms with E-state index in [4.69, 9.17) is 4.74 Å². The van der Waals surface area contributed by atoms with Crippen LogP contribution in [0, 0.1) is 6.92 Å². The summed E-state index contributed by atoms with van der Waals surface area (Å²) in [6.45, 7) is 7.44. The van der Waals surface area contributed by atoms with Crippen LogP contribution in [0.3, 0.4) is 0 Å². The lowest BCUT2D eigenvalue weighted by molar-refractivity contribution is -0.121. The number of nitrogens with one attached hydrogen (secondary N) is 1. The first kappa shape index (κ1) is 19.8. The molecule has 1 N–H and O–H groups in total. The molecule has 0 saturated carbocycles. The van der Waals surface area contributed by atoms with E-state index >= 15 is 0 Å². The Morgan fingerprint density at radius 1 is 1.36 bits per heavy atom. The van der Waals surface area contributed by atoms with Crippen LogP contribution in [0.2, 0.25) is 0 Å². The second-order valence-electron chi connectivity index (χ2n) is 7.10. The van der Waals surface area contributed by atoms with Crippen molar-refractivity contribution in [2.75, 3.05) is 26.7 Å². The molecule has 1 atom stereocenters. The van der Waals surface area contributed by atoms with Gasteiger partial charge in [0.2, 0.25) is 5.91 Å². The zero-order valence-corrected chi connectivity index (χ0v) is 16.1. The van der Waals surface area contributed by atoms with Gasteiger partial charge < -0.3 is 15.0 Å². The molecule has 1 aromatic carbocycles. The maximum absolute atomic E-state index is 12.0. The molecular weight excluding hydrogens is 312 g/mol. The number of hydrogen-bond acceptors (Lipinski definition) is 3. The number of likely N-dealkylation sites (tertiary alicyclic amines) is 1. The summed E-state index contributed by atoms with van der Waals surface area (Å²) in [6, 6.07) is 6.88. The van der Waals surface area contributed by atoms with E-state index in [0.29, 0.717) is 6.42 Å². The Bertz CT molecular complexity index is 545. The van der Waals surface area contributed by atoms with Crippen molar-refractivity contribution in [1.29, 1.82) is 0 Å². The fourth-order valence-corrected chi connectivity index (χ4v) is 3.77. The molecule has 1 heterocycles. The molecule has 1 aromatic rings. The Labute approximate surface area is 152 Å². The number of hydrogen-bond donors (Lipinski definition) is 1. The van der Waals surface area contributed by atoms with E-state index in [2.05, 4.69) is 23.2 Å². The lowest BCUT2D eigenvalue weighted by Crippen LogP contribution is -2.40. The van der Waals surface area contributed by atoms with Crippen LogP contribution in [0.5, 0.6) is 5.75 Å². The summed E-state index contributed by atoms with van der Waals surface area (Å²) in [7, 11) is 1.68. The minimum Gasteiger partial charge on any atom is -0.496 e. The smallest absolute Gasteiger partial charge is 0.220 e. The van der Waals surface area contributed by atoms with Crippen LogP contribution in [0.25, 0.3) is 0 Å². The molecule has 140 valence electrons. The number of carbonyl (C=O) groups excluding carboxylic acids is 1. The molecule has 1 aliphatic heterocycles. The second-order valence-corrected chi connectivity index (χ2v) is 7.10. The van der Waals surface area contributed by atoms with Gasteiger partial charge in [-0.1, -0.05) is 25.5 Å². The molecule has 2 rings (SSSR count). The van der Waals surface area contributed by atoms with E-state index < -0.39 is 0 Å². The fraction of sp³-hybridized carbons (Fsp3) is 0.667. The third-order valence-electron chi connectivity index (χ3n) is 5.26. The van der Waals surface area contributed by atoms with E-state index in [1.54, 1.807) is 7.11 Å². The highest BCUT2D eigenvalue weighted by Gasteiger charge is 2.19. The van der Waals surface area contributed by atoms with Crippen LogP contribution in [0.4, 0.5) is 0 Å². The largest absolute Gasteiger partial charge is 0.496 e. The van der Waals surface area contributed by atoms with Crippen LogP contribution < -0.4 is 10.1 Å². The minimum atomic E-state index is 0.152. The molecule has 0 spiro atoms. The lowest BCUT2D eigenvalue weighted by atomic mass is 10.00. The Balaban J connectivity index is 1.63. The predicted molar refractivity (Wildman–Crippen MR) is 103 cm³/mol. The van der Waals surface area contributed by atoms with Crippen molar-refractivity contribution < 1.29 is 9.53 Å². The summed E-state index contributed by atoms with van der Waals surface area (Å²) in [6.07, 6.45) is 7.65. The predicted octanol–water partition coefficient (Wildman–Crippen LogP) is 3.71. The molecule has 0 aliphatic carbocycles. The summed E-state index contributed by atoms with van der Waals surface area (Å²) in [5.74, 6) is 1.05. The Kier molecular flexibility index (Phi) is 8.26. The first-order valence-corrected chi connectivity index (χ1v) is 9.78. The van der Waals surface area contributed by atoms with Crippen molar-refractivity contribution in [3.8, 4) is 5.75 Å². The monoisotopic (exact) mass is 346 g/mol. The van der Waals surface area contributed by atoms with Crippen LogP contribution in [0.15, 0.2) is 18.2 Å². The molecule has 1 fully saturated rings. The van der Waals surface area contributed by atoms with Gasteiger partial charge in [-0.15, -0.1) is 0 Å². The summed E-state index contributed by atoms with van der Waals surface area (Å²) in [5.41, 5.74) is 2.31. The third-order valence-corrected chi connectivity index (χ3v) is 5.26. The average Bonchev–Trinajstić information content (AvgIpc) is 2.64. The van der Waals surface area contributed by atoms with Gasteiger partial charge in [0, 0.05) is 25.6 Å². The summed E-state index contributed by atoms with van der Waals surface area (Å²) < 4.78 is 5.27.